The molecule has 4 aromatic heterocycles. The van der Waals surface area contributed by atoms with Crippen LogP contribution in [0.15, 0.2) is 86.0 Å². The maximum atomic E-state index is 14.9. The van der Waals surface area contributed by atoms with E-state index in [0.717, 1.165) is 106 Å². The number of piperidine rings is 1. The van der Waals surface area contributed by atoms with Crippen molar-refractivity contribution in [1.29, 1.82) is 0 Å². The molecule has 0 spiro atoms. The molecule has 5 aromatic rings. The third-order valence-corrected chi connectivity index (χ3v) is 8.99. The van der Waals surface area contributed by atoms with Crippen LogP contribution in [0.5, 0.6) is 0 Å². The predicted octanol–water partition coefficient (Wildman–Crippen LogP) is 7.89. The molecule has 0 aliphatic carbocycles. The summed E-state index contributed by atoms with van der Waals surface area (Å²) >= 11 is 0. The fourth-order valence-corrected chi connectivity index (χ4v) is 6.60. The van der Waals surface area contributed by atoms with Crippen molar-refractivity contribution in [3.05, 3.63) is 114 Å². The van der Waals surface area contributed by atoms with Crippen molar-refractivity contribution < 1.29 is 4.39 Å². The van der Waals surface area contributed by atoms with E-state index in [2.05, 4.69) is 92.2 Å². The van der Waals surface area contributed by atoms with Crippen LogP contribution >= 0.6 is 0 Å². The van der Waals surface area contributed by atoms with E-state index in [1.54, 1.807) is 18.2 Å². The number of fused-ring (bicyclic) bond motifs is 1. The molecule has 1 aromatic carbocycles. The fraction of sp³-hybridized carbons (Fsp3) is 0.308. The topological polar surface area (TPSA) is 97.6 Å². The van der Waals surface area contributed by atoms with Gasteiger partial charge in [0.05, 0.1) is 23.3 Å². The third kappa shape index (κ3) is 7.81. The van der Waals surface area contributed by atoms with Crippen LogP contribution in [0.3, 0.4) is 0 Å². The highest BCUT2D eigenvalue weighted by Gasteiger charge is 2.18. The first-order valence-electron chi connectivity index (χ1n) is 16.7. The number of aromatic nitrogens is 5. The number of allylic oxidation sites excluding steroid dienone is 3. The van der Waals surface area contributed by atoms with Gasteiger partial charge in [0.25, 0.3) is 0 Å². The molecule has 0 saturated carbocycles. The average Bonchev–Trinajstić information content (AvgIpc) is 3.66. The Kier molecular flexibility index (Phi) is 10.3. The minimum atomic E-state index is -0.242. The molecule has 248 valence electrons. The molecule has 0 unspecified atom stereocenters. The Morgan fingerprint density at radius 3 is 2.67 bits per heavy atom. The Bertz CT molecular complexity index is 1940. The van der Waals surface area contributed by atoms with Gasteiger partial charge in [-0.25, -0.2) is 9.37 Å². The number of hydrogen-bond donors (Lipinski definition) is 4. The van der Waals surface area contributed by atoms with Crippen LogP contribution in [0.25, 0.3) is 39.1 Å². The number of halogens is 1. The van der Waals surface area contributed by atoms with Gasteiger partial charge in [0.15, 0.2) is 5.65 Å². The van der Waals surface area contributed by atoms with Crippen LogP contribution < -0.4 is 10.6 Å². The normalized spacial score (nSPS) is 14.1. The summed E-state index contributed by atoms with van der Waals surface area (Å²) in [6.07, 6.45) is 14.3. The number of benzene rings is 1. The number of anilines is 1. The zero-order chi connectivity index (χ0) is 33.6. The van der Waals surface area contributed by atoms with E-state index in [-0.39, 0.29) is 5.82 Å². The van der Waals surface area contributed by atoms with Crippen LogP contribution in [0.2, 0.25) is 0 Å². The molecule has 1 saturated heterocycles. The van der Waals surface area contributed by atoms with Crippen molar-refractivity contribution in [3.8, 4) is 22.5 Å². The number of aryl methyl sites for hydroxylation is 2. The highest BCUT2D eigenvalue weighted by atomic mass is 19.1. The first kappa shape index (κ1) is 33.1. The van der Waals surface area contributed by atoms with Gasteiger partial charge in [-0.1, -0.05) is 31.4 Å². The van der Waals surface area contributed by atoms with Crippen molar-refractivity contribution >= 4 is 22.3 Å². The molecule has 1 fully saturated rings. The summed E-state index contributed by atoms with van der Waals surface area (Å²) < 4.78 is 14.9. The minimum absolute atomic E-state index is 0.242. The molecule has 6 rings (SSSR count). The Morgan fingerprint density at radius 2 is 1.88 bits per heavy atom. The molecule has 5 heterocycles. The zero-order valence-electron chi connectivity index (χ0n) is 28.2. The highest BCUT2D eigenvalue weighted by molar-refractivity contribution is 5.94. The minimum Gasteiger partial charge on any atom is -0.358 e. The second-order valence-corrected chi connectivity index (χ2v) is 13.1. The van der Waals surface area contributed by atoms with Crippen LogP contribution in [0.1, 0.15) is 48.1 Å². The van der Waals surface area contributed by atoms with E-state index in [1.807, 2.05) is 31.6 Å². The summed E-state index contributed by atoms with van der Waals surface area (Å²) in [6, 6.07) is 11.6. The third-order valence-electron chi connectivity index (χ3n) is 8.99. The second-order valence-electron chi connectivity index (χ2n) is 13.1. The van der Waals surface area contributed by atoms with Crippen LogP contribution in [0, 0.1) is 18.7 Å². The van der Waals surface area contributed by atoms with Crippen LogP contribution in [-0.4, -0.2) is 63.8 Å². The molecule has 4 N–H and O–H groups in total. The molecule has 8 nitrogen and oxygen atoms in total. The summed E-state index contributed by atoms with van der Waals surface area (Å²) in [6.45, 7) is 13.4. The molecule has 0 bridgehead atoms. The highest BCUT2D eigenvalue weighted by Crippen LogP contribution is 2.35. The number of nitrogens with zero attached hydrogens (tertiary/aromatic N) is 4. The van der Waals surface area contributed by atoms with Gasteiger partial charge in [-0.2, -0.15) is 5.10 Å². The van der Waals surface area contributed by atoms with Gasteiger partial charge in [-0.15, -0.1) is 0 Å². The molecule has 9 heteroatoms. The zero-order valence-corrected chi connectivity index (χ0v) is 28.2. The van der Waals surface area contributed by atoms with Gasteiger partial charge in [0.1, 0.15) is 5.82 Å². The monoisotopic (exact) mass is 644 g/mol. The van der Waals surface area contributed by atoms with Crippen molar-refractivity contribution in [2.24, 2.45) is 5.92 Å². The van der Waals surface area contributed by atoms with Gasteiger partial charge in [-0.05, 0) is 126 Å². The summed E-state index contributed by atoms with van der Waals surface area (Å²) in [4.78, 5) is 14.9. The number of aromatic amines is 2. The largest absolute Gasteiger partial charge is 0.358 e. The van der Waals surface area contributed by atoms with Crippen molar-refractivity contribution in [2.45, 2.75) is 39.0 Å². The predicted molar refractivity (Wildman–Crippen MR) is 195 cm³/mol. The molecule has 0 radical (unpaired) electrons. The molecule has 48 heavy (non-hydrogen) atoms. The van der Waals surface area contributed by atoms with Crippen LogP contribution in [-0.2, 0) is 6.42 Å². The van der Waals surface area contributed by atoms with Gasteiger partial charge in [-0.3, -0.25) is 10.1 Å². The smallest absolute Gasteiger partial charge is 0.181 e. The maximum absolute atomic E-state index is 14.9. The van der Waals surface area contributed by atoms with Crippen LogP contribution in [0.4, 0.5) is 10.1 Å². The number of rotatable bonds is 13. The summed E-state index contributed by atoms with van der Waals surface area (Å²) in [5, 5.41) is 15.5. The van der Waals surface area contributed by atoms with E-state index in [1.165, 1.54) is 12.8 Å². The first-order valence-corrected chi connectivity index (χ1v) is 16.7. The Hall–Kier alpha value is -4.86. The molecule has 0 amide bonds. The molecular formula is C39H45FN8. The second kappa shape index (κ2) is 14.9. The summed E-state index contributed by atoms with van der Waals surface area (Å²) in [5.41, 5.74) is 10.7. The van der Waals surface area contributed by atoms with Gasteiger partial charge < -0.3 is 20.5 Å². The Balaban J connectivity index is 1.26. The molecule has 1 aliphatic rings. The number of hydrogen-bond acceptors (Lipinski definition) is 6. The average molecular weight is 645 g/mol. The molecule has 0 atom stereocenters. The van der Waals surface area contributed by atoms with Gasteiger partial charge >= 0.3 is 0 Å². The van der Waals surface area contributed by atoms with Crippen molar-refractivity contribution in [1.82, 2.24) is 35.4 Å². The maximum Gasteiger partial charge on any atom is 0.181 e. The molecule has 1 aliphatic heterocycles. The SMILES string of the molecule is C=C/C=C(/c1cc(F)cc(CCCN(C)C)c1)c1cc(-c2[nH]nc3ncc(-c4cncc(NC(=C)CC5CCNCC5)c4)cc23)[nH]c1C. The lowest BCUT2D eigenvalue weighted by Gasteiger charge is -2.23. The van der Waals surface area contributed by atoms with E-state index in [4.69, 9.17) is 0 Å². The molecular weight excluding hydrogens is 599 g/mol. The Labute approximate surface area is 282 Å². The van der Waals surface area contributed by atoms with Crippen molar-refractivity contribution in [3.63, 3.8) is 0 Å². The van der Waals surface area contributed by atoms with Crippen molar-refractivity contribution in [2.75, 3.05) is 39.0 Å². The standard InChI is InChI=1S/C39H45FN8/c1-6-8-34(29-16-28(17-32(40)18-29)9-7-14-48(4)5)35-21-37(45-26(35)3)38-36-20-31(23-43-39(36)47-46-38)30-19-33(24-42-22-30)44-25(2)15-27-10-12-41-13-11-27/h6,8,16-24,27,41,44-45H,1-2,7,9-15H2,3-5H3,(H,43,46,47)/b34-8-. The lowest BCUT2D eigenvalue weighted by Crippen LogP contribution is -2.28. The number of H-pyrrole nitrogens is 2. The van der Waals surface area contributed by atoms with E-state index in [9.17, 15) is 4.39 Å². The lowest BCUT2D eigenvalue weighted by atomic mass is 9.93. The van der Waals surface area contributed by atoms with E-state index < -0.39 is 0 Å². The van der Waals surface area contributed by atoms with E-state index in [0.29, 0.717) is 11.6 Å². The lowest BCUT2D eigenvalue weighted by molar-refractivity contribution is 0.373. The van der Waals surface area contributed by atoms with E-state index >= 15 is 0 Å². The number of pyridine rings is 2. The first-order chi connectivity index (χ1) is 23.3. The quantitative estimate of drug-likeness (QED) is 0.0974. The fourth-order valence-electron chi connectivity index (χ4n) is 6.60. The van der Waals surface area contributed by atoms with Gasteiger partial charge in [0.2, 0.25) is 0 Å². The summed E-state index contributed by atoms with van der Waals surface area (Å²) in [5.74, 6) is 0.409. The number of nitrogens with one attached hydrogen (secondary N) is 4. The Morgan fingerprint density at radius 1 is 1.06 bits per heavy atom. The summed E-state index contributed by atoms with van der Waals surface area (Å²) in [7, 11) is 4.10. The van der Waals surface area contributed by atoms with Gasteiger partial charge in [0, 0.05) is 45.9 Å².